The van der Waals surface area contributed by atoms with Gasteiger partial charge in [0.05, 0.1) is 34.4 Å². The molecule has 0 aliphatic carbocycles. The molecular formula is C86H148NO8+. The van der Waals surface area contributed by atoms with Crippen molar-refractivity contribution in [3.8, 4) is 0 Å². The number of allylic oxidation sites excluding steroid dienone is 22. The summed E-state index contributed by atoms with van der Waals surface area (Å²) < 4.78 is 23.0. The topological polar surface area (TPSA) is 108 Å². The van der Waals surface area contributed by atoms with Crippen molar-refractivity contribution >= 4 is 17.9 Å². The van der Waals surface area contributed by atoms with Gasteiger partial charge in [0.2, 0.25) is 0 Å². The largest absolute Gasteiger partial charge is 0.477 e. The first-order valence-electron chi connectivity index (χ1n) is 39.3. The number of hydrogen-bond acceptors (Lipinski definition) is 7. The first-order chi connectivity index (χ1) is 46.6. The number of carbonyl (C=O) groups is 3. The van der Waals surface area contributed by atoms with Crippen LogP contribution < -0.4 is 0 Å². The molecule has 9 nitrogen and oxygen atoms in total. The van der Waals surface area contributed by atoms with E-state index in [4.69, 9.17) is 18.9 Å². The van der Waals surface area contributed by atoms with Crippen LogP contribution in [0.25, 0.3) is 0 Å². The Bertz CT molecular complexity index is 2030. The molecule has 0 aromatic heterocycles. The molecule has 2 unspecified atom stereocenters. The van der Waals surface area contributed by atoms with Crippen molar-refractivity contribution < 1.29 is 42.9 Å². The summed E-state index contributed by atoms with van der Waals surface area (Å²) in [6.45, 7) is 4.75. The van der Waals surface area contributed by atoms with Crippen molar-refractivity contribution in [2.45, 2.75) is 347 Å². The van der Waals surface area contributed by atoms with Gasteiger partial charge in [-0.05, 0) is 116 Å². The van der Waals surface area contributed by atoms with E-state index in [1.165, 1.54) is 180 Å². The average molecular weight is 1320 g/mol. The highest BCUT2D eigenvalue weighted by Crippen LogP contribution is 2.18. The Hall–Kier alpha value is -4.57. The maximum absolute atomic E-state index is 13.0. The van der Waals surface area contributed by atoms with Gasteiger partial charge in [-0.2, -0.15) is 0 Å². The Morgan fingerprint density at radius 2 is 0.600 bits per heavy atom. The van der Waals surface area contributed by atoms with Crippen LogP contribution in [0.3, 0.4) is 0 Å². The van der Waals surface area contributed by atoms with E-state index >= 15 is 0 Å². The van der Waals surface area contributed by atoms with Crippen LogP contribution in [0.5, 0.6) is 0 Å². The summed E-state index contributed by atoms with van der Waals surface area (Å²) in [7, 11) is 5.97. The fraction of sp³-hybridized carbons (Fsp3) is 0.709. The van der Waals surface area contributed by atoms with Gasteiger partial charge >= 0.3 is 17.9 Å². The van der Waals surface area contributed by atoms with E-state index in [2.05, 4.69) is 148 Å². The van der Waals surface area contributed by atoms with Crippen LogP contribution in [0, 0.1) is 0 Å². The number of unbranched alkanes of at least 4 members (excludes halogenated alkanes) is 35. The molecule has 2 atom stereocenters. The third-order valence-corrected chi connectivity index (χ3v) is 16.9. The van der Waals surface area contributed by atoms with E-state index in [1.54, 1.807) is 0 Å². The van der Waals surface area contributed by atoms with E-state index in [0.717, 1.165) is 122 Å². The molecule has 0 saturated heterocycles. The number of hydrogen-bond donors (Lipinski definition) is 1. The van der Waals surface area contributed by atoms with Gasteiger partial charge in [-0.3, -0.25) is 9.59 Å². The minimum atomic E-state index is -1.52. The minimum Gasteiger partial charge on any atom is -0.477 e. The van der Waals surface area contributed by atoms with Gasteiger partial charge in [-0.1, -0.05) is 340 Å². The van der Waals surface area contributed by atoms with Crippen LogP contribution in [0.1, 0.15) is 335 Å². The van der Waals surface area contributed by atoms with E-state index in [9.17, 15) is 19.5 Å². The van der Waals surface area contributed by atoms with Crippen molar-refractivity contribution in [3.63, 3.8) is 0 Å². The zero-order chi connectivity index (χ0) is 69.0. The monoisotopic (exact) mass is 1320 g/mol. The Labute approximate surface area is 586 Å². The number of rotatable bonds is 72. The summed E-state index contributed by atoms with van der Waals surface area (Å²) in [5, 5.41) is 9.77. The second kappa shape index (κ2) is 75.2. The highest BCUT2D eigenvalue weighted by Gasteiger charge is 2.25. The van der Waals surface area contributed by atoms with Crippen LogP contribution in [0.15, 0.2) is 134 Å². The van der Waals surface area contributed by atoms with Gasteiger partial charge in [-0.15, -0.1) is 0 Å². The second-order valence-electron chi connectivity index (χ2n) is 27.3. The average Bonchev–Trinajstić information content (AvgIpc) is 3.24. The molecule has 0 aliphatic heterocycles. The third-order valence-electron chi connectivity index (χ3n) is 16.9. The van der Waals surface area contributed by atoms with Crippen LogP contribution >= 0.6 is 0 Å². The predicted octanol–water partition coefficient (Wildman–Crippen LogP) is 25.3. The fourth-order valence-electron chi connectivity index (χ4n) is 10.9. The van der Waals surface area contributed by atoms with E-state index in [0.29, 0.717) is 23.9 Å². The van der Waals surface area contributed by atoms with Gasteiger partial charge in [0.15, 0.2) is 6.10 Å². The maximum atomic E-state index is 13.0. The number of nitrogens with zero attached hydrogens (tertiary/aromatic N) is 1. The summed E-state index contributed by atoms with van der Waals surface area (Å²) in [5.74, 6) is -2.02. The Balaban J connectivity index is 4.06. The van der Waals surface area contributed by atoms with Crippen LogP contribution in [0.2, 0.25) is 0 Å². The zero-order valence-electron chi connectivity index (χ0n) is 62.3. The zero-order valence-corrected chi connectivity index (χ0v) is 62.3. The number of ether oxygens (including phenoxy) is 4. The summed E-state index contributed by atoms with van der Waals surface area (Å²) in [6.07, 6.45) is 106. The molecule has 0 heterocycles. The van der Waals surface area contributed by atoms with Crippen molar-refractivity contribution in [1.82, 2.24) is 0 Å². The number of carboxylic acid groups (broad SMARTS) is 1. The molecular weight excluding hydrogens is 1170 g/mol. The summed E-state index contributed by atoms with van der Waals surface area (Å²) in [4.78, 5) is 37.7. The lowest BCUT2D eigenvalue weighted by Crippen LogP contribution is -2.40. The standard InChI is InChI=1S/C86H147NO8/c1-6-8-10-12-14-16-18-20-22-24-26-28-30-32-34-36-38-39-40-41-42-43-44-45-47-48-50-52-54-56-58-60-62-64-66-68-70-72-74-76-83(88)93-80-82(81-94-86(85(90)91)92-79-78-87(3,4)5)95-84(89)77-75-73-71-69-67-65-63-61-59-57-55-53-51-49-46-37-35-33-31-29-27-25-23-21-19-17-15-13-11-9-7-2/h9,11,15,17-18,20-21,23-24,26-27,29-30,32-33,35,46,49,53,55,59,61,82,86H,6-8,10,12-14,16,19,22,25,28,31,34,36-45,47-48,50-52,54,56-58,60,62-81H2,1-5H3/p+1/b11-9-,17-15-,20-18-,23-21-,26-24-,29-27-,32-30-,35-33-,49-46-,55-53-,61-59-. The normalized spacial score (nSPS) is 13.4. The smallest absolute Gasteiger partial charge is 0.361 e. The molecule has 0 saturated carbocycles. The number of aliphatic carboxylic acids is 1. The molecule has 0 aromatic rings. The van der Waals surface area contributed by atoms with Crippen LogP contribution in [-0.4, -0.2) is 87.4 Å². The predicted molar refractivity (Wildman–Crippen MR) is 410 cm³/mol. The van der Waals surface area contributed by atoms with Crippen molar-refractivity contribution in [2.24, 2.45) is 0 Å². The van der Waals surface area contributed by atoms with E-state index in [1.807, 2.05) is 21.1 Å². The van der Waals surface area contributed by atoms with Crippen molar-refractivity contribution in [1.29, 1.82) is 0 Å². The van der Waals surface area contributed by atoms with Crippen molar-refractivity contribution in [3.05, 3.63) is 134 Å². The van der Waals surface area contributed by atoms with Gasteiger partial charge in [0.1, 0.15) is 13.2 Å². The number of likely N-dealkylation sites (N-methyl/N-ethyl adjacent to an activating group) is 1. The first-order valence-corrected chi connectivity index (χ1v) is 39.3. The highest BCUT2D eigenvalue weighted by atomic mass is 16.7. The van der Waals surface area contributed by atoms with Gasteiger partial charge in [-0.25, -0.2) is 4.79 Å². The third kappa shape index (κ3) is 76.7. The Morgan fingerprint density at radius 3 is 0.895 bits per heavy atom. The lowest BCUT2D eigenvalue weighted by molar-refractivity contribution is -0.870. The molecule has 0 spiro atoms. The van der Waals surface area contributed by atoms with E-state index in [-0.39, 0.29) is 32.2 Å². The number of carboxylic acids is 1. The van der Waals surface area contributed by atoms with Crippen LogP contribution in [-0.2, 0) is 33.3 Å². The summed E-state index contributed by atoms with van der Waals surface area (Å²) >= 11 is 0. The molecule has 95 heavy (non-hydrogen) atoms. The van der Waals surface area contributed by atoms with Crippen molar-refractivity contribution in [2.75, 3.05) is 47.5 Å². The number of carbonyl (C=O) groups excluding carboxylic acids is 2. The minimum absolute atomic E-state index is 0.179. The first kappa shape index (κ1) is 90.4. The molecule has 9 heteroatoms. The molecule has 0 aliphatic rings. The summed E-state index contributed by atoms with van der Waals surface area (Å²) in [6, 6.07) is 0. The SMILES string of the molecule is CC/C=C\C/C=C\C/C=C\C/C=C\C/C=C\C/C=C\C/C=C\C/C=C\CCCCCCCCC(=O)OC(COC(=O)CCCCCCCCCCCCCCCCCCCCCCCCCC/C=C\C/C=C\C/C=C\CCCCCCC)COC(OCC[N+](C)(C)C)C(=O)O. The molecule has 0 aromatic carbocycles. The van der Waals surface area contributed by atoms with E-state index < -0.39 is 24.3 Å². The lowest BCUT2D eigenvalue weighted by atomic mass is 10.0. The van der Waals surface area contributed by atoms with Gasteiger partial charge in [0.25, 0.3) is 6.29 Å². The van der Waals surface area contributed by atoms with Crippen LogP contribution in [0.4, 0.5) is 0 Å². The molecule has 0 bridgehead atoms. The molecule has 0 amide bonds. The van der Waals surface area contributed by atoms with Gasteiger partial charge < -0.3 is 28.5 Å². The second-order valence-corrected chi connectivity index (χ2v) is 27.3. The number of quaternary nitrogens is 1. The molecule has 0 radical (unpaired) electrons. The Morgan fingerprint density at radius 1 is 0.326 bits per heavy atom. The molecule has 0 rings (SSSR count). The molecule has 544 valence electrons. The number of esters is 2. The molecule has 0 fully saturated rings. The maximum Gasteiger partial charge on any atom is 0.361 e. The fourth-order valence-corrected chi connectivity index (χ4v) is 10.9. The quantitative estimate of drug-likeness (QED) is 0.0211. The summed E-state index contributed by atoms with van der Waals surface area (Å²) in [5.41, 5.74) is 0. The highest BCUT2D eigenvalue weighted by molar-refractivity contribution is 5.71. The Kier molecular flexibility index (Phi) is 71.6. The lowest BCUT2D eigenvalue weighted by Gasteiger charge is -2.25. The molecule has 1 N–H and O–H groups in total. The van der Waals surface area contributed by atoms with Gasteiger partial charge in [0, 0.05) is 12.8 Å².